The number of nitrogens with zero attached hydrogens (tertiary/aromatic N) is 2. The van der Waals surface area contributed by atoms with Gasteiger partial charge in [0.2, 0.25) is 11.8 Å². The lowest BCUT2D eigenvalue weighted by Gasteiger charge is -2.08. The maximum absolute atomic E-state index is 12.5. The van der Waals surface area contributed by atoms with Gasteiger partial charge in [0.15, 0.2) is 0 Å². The number of nitrogens with one attached hydrogen (secondary N) is 1. The minimum absolute atomic E-state index is 0.0409. The summed E-state index contributed by atoms with van der Waals surface area (Å²) in [6.07, 6.45) is -4.42. The zero-order valence-corrected chi connectivity index (χ0v) is 15.3. The third kappa shape index (κ3) is 5.03. The number of anilines is 1. The quantitative estimate of drug-likeness (QED) is 0.605. The van der Waals surface area contributed by atoms with E-state index >= 15 is 0 Å². The Morgan fingerprint density at radius 2 is 1.93 bits per heavy atom. The van der Waals surface area contributed by atoms with E-state index in [4.69, 9.17) is 9.15 Å². The number of halogens is 3. The highest BCUT2D eigenvalue weighted by Crippen LogP contribution is 2.30. The van der Waals surface area contributed by atoms with Crippen LogP contribution in [0.1, 0.15) is 5.56 Å². The Hall–Kier alpha value is -3.01. The Labute approximate surface area is 162 Å². The molecule has 1 aromatic heterocycles. The Morgan fingerprint density at radius 1 is 1.18 bits per heavy atom. The summed E-state index contributed by atoms with van der Waals surface area (Å²) in [4.78, 5) is 12.0. The fourth-order valence-electron chi connectivity index (χ4n) is 2.21. The first kappa shape index (κ1) is 19.7. The largest absolute Gasteiger partial charge is 0.497 e. The van der Waals surface area contributed by atoms with Gasteiger partial charge in [-0.25, -0.2) is 0 Å². The van der Waals surface area contributed by atoms with Crippen LogP contribution in [0, 0.1) is 0 Å². The lowest BCUT2D eigenvalue weighted by Crippen LogP contribution is -2.14. The molecular formula is C18H14F3N3O3S. The molecule has 0 spiro atoms. The van der Waals surface area contributed by atoms with Gasteiger partial charge >= 0.3 is 6.18 Å². The molecule has 6 nitrogen and oxygen atoms in total. The number of aromatic nitrogens is 2. The topological polar surface area (TPSA) is 77.2 Å². The number of benzene rings is 2. The molecule has 0 unspecified atom stereocenters. The molecule has 0 fully saturated rings. The minimum atomic E-state index is -4.42. The second-order valence-corrected chi connectivity index (χ2v) is 6.44. The molecule has 1 heterocycles. The van der Waals surface area contributed by atoms with Crippen LogP contribution in [0.15, 0.2) is 58.2 Å². The number of methoxy groups -OCH3 is 1. The van der Waals surface area contributed by atoms with Crippen molar-refractivity contribution in [2.45, 2.75) is 11.4 Å². The molecule has 0 atom stereocenters. The monoisotopic (exact) mass is 409 g/mol. The highest BCUT2D eigenvalue weighted by atomic mass is 32.2. The van der Waals surface area contributed by atoms with Gasteiger partial charge in [-0.05, 0) is 42.5 Å². The average molecular weight is 409 g/mol. The zero-order valence-electron chi connectivity index (χ0n) is 14.5. The van der Waals surface area contributed by atoms with Crippen molar-refractivity contribution in [3.05, 3.63) is 54.1 Å². The Bertz CT molecular complexity index is 958. The van der Waals surface area contributed by atoms with Gasteiger partial charge in [0, 0.05) is 11.3 Å². The molecule has 28 heavy (non-hydrogen) atoms. The fraction of sp³-hybridized carbons (Fsp3) is 0.167. The number of carbonyl (C=O) groups is 1. The molecule has 146 valence electrons. The lowest BCUT2D eigenvalue weighted by molar-refractivity contribution is -0.137. The maximum atomic E-state index is 12.5. The summed E-state index contributed by atoms with van der Waals surface area (Å²) in [6.45, 7) is 0. The minimum Gasteiger partial charge on any atom is -0.497 e. The van der Waals surface area contributed by atoms with Crippen molar-refractivity contribution in [2.75, 3.05) is 18.2 Å². The van der Waals surface area contributed by atoms with Crippen molar-refractivity contribution in [1.29, 1.82) is 0 Å². The first-order chi connectivity index (χ1) is 13.3. The smallest absolute Gasteiger partial charge is 0.416 e. The number of amides is 1. The fourth-order valence-corrected chi connectivity index (χ4v) is 2.77. The standard InChI is InChI=1S/C18H14F3N3O3S/c1-26-14-4-2-3-11(9-14)16-23-24-17(27-16)28-10-15(25)22-13-7-5-12(6-8-13)18(19,20)21/h2-9H,10H2,1H3,(H,22,25). The molecule has 0 aliphatic rings. The van der Waals surface area contributed by atoms with E-state index in [9.17, 15) is 18.0 Å². The third-order valence-corrected chi connectivity index (χ3v) is 4.36. The lowest BCUT2D eigenvalue weighted by atomic mass is 10.2. The Kier molecular flexibility index (Phi) is 5.88. The summed E-state index contributed by atoms with van der Waals surface area (Å²) in [5, 5.41) is 10.5. The second-order valence-electron chi connectivity index (χ2n) is 5.52. The highest BCUT2D eigenvalue weighted by molar-refractivity contribution is 7.99. The summed E-state index contributed by atoms with van der Waals surface area (Å²) >= 11 is 1.02. The van der Waals surface area contributed by atoms with Gasteiger partial charge in [-0.1, -0.05) is 17.8 Å². The predicted octanol–water partition coefficient (Wildman–Crippen LogP) is 4.49. The average Bonchev–Trinajstić information content (AvgIpc) is 3.15. The number of ether oxygens (including phenoxy) is 1. The van der Waals surface area contributed by atoms with Gasteiger partial charge in [-0.2, -0.15) is 13.2 Å². The van der Waals surface area contributed by atoms with E-state index in [1.165, 1.54) is 12.1 Å². The van der Waals surface area contributed by atoms with Crippen LogP contribution in [0.25, 0.3) is 11.5 Å². The van der Waals surface area contributed by atoms with Crippen molar-refractivity contribution < 1.29 is 27.1 Å². The van der Waals surface area contributed by atoms with Gasteiger partial charge in [-0.15, -0.1) is 10.2 Å². The van der Waals surface area contributed by atoms with Crippen molar-refractivity contribution in [3.8, 4) is 17.2 Å². The van der Waals surface area contributed by atoms with E-state index in [0.717, 1.165) is 23.9 Å². The van der Waals surface area contributed by atoms with Crippen molar-refractivity contribution in [3.63, 3.8) is 0 Å². The van der Waals surface area contributed by atoms with Crippen molar-refractivity contribution >= 4 is 23.4 Å². The molecule has 2 aromatic carbocycles. The molecule has 0 saturated carbocycles. The van der Waals surface area contributed by atoms with Gasteiger partial charge in [0.05, 0.1) is 18.4 Å². The van der Waals surface area contributed by atoms with Crippen LogP contribution in [0.3, 0.4) is 0 Å². The SMILES string of the molecule is COc1cccc(-c2nnc(SCC(=O)Nc3ccc(C(F)(F)F)cc3)o2)c1. The van der Waals surface area contributed by atoms with E-state index in [2.05, 4.69) is 15.5 Å². The molecule has 10 heteroatoms. The van der Waals surface area contributed by atoms with Gasteiger partial charge in [0.1, 0.15) is 5.75 Å². The summed E-state index contributed by atoms with van der Waals surface area (Å²) < 4.78 is 48.2. The number of hydrogen-bond donors (Lipinski definition) is 1. The number of alkyl halides is 3. The van der Waals surface area contributed by atoms with Crippen LogP contribution >= 0.6 is 11.8 Å². The highest BCUT2D eigenvalue weighted by Gasteiger charge is 2.30. The third-order valence-electron chi connectivity index (χ3n) is 3.55. The summed E-state index contributed by atoms with van der Waals surface area (Å²) in [5.41, 5.74) is 0.157. The van der Waals surface area contributed by atoms with Crippen LogP contribution in [0.2, 0.25) is 0 Å². The molecule has 3 rings (SSSR count). The Balaban J connectivity index is 1.56. The molecule has 0 saturated heterocycles. The molecule has 0 aliphatic carbocycles. The van der Waals surface area contributed by atoms with Crippen LogP contribution < -0.4 is 10.1 Å². The molecule has 0 radical (unpaired) electrons. The number of carbonyl (C=O) groups excluding carboxylic acids is 1. The molecule has 0 bridgehead atoms. The first-order valence-electron chi connectivity index (χ1n) is 7.93. The van der Waals surface area contributed by atoms with Gasteiger partial charge in [0.25, 0.3) is 5.22 Å². The molecule has 3 aromatic rings. The number of thioether (sulfide) groups is 1. The van der Waals surface area contributed by atoms with Gasteiger partial charge in [-0.3, -0.25) is 4.79 Å². The molecule has 1 N–H and O–H groups in total. The van der Waals surface area contributed by atoms with E-state index in [1.807, 2.05) is 0 Å². The Morgan fingerprint density at radius 3 is 2.61 bits per heavy atom. The molecule has 1 amide bonds. The summed E-state index contributed by atoms with van der Waals surface area (Å²) in [7, 11) is 1.55. The maximum Gasteiger partial charge on any atom is 0.416 e. The van der Waals surface area contributed by atoms with E-state index in [1.54, 1.807) is 31.4 Å². The number of rotatable bonds is 6. The van der Waals surface area contributed by atoms with Gasteiger partial charge < -0.3 is 14.5 Å². The second kappa shape index (κ2) is 8.34. The predicted molar refractivity (Wildman–Crippen MR) is 97.1 cm³/mol. The molecule has 0 aliphatic heterocycles. The summed E-state index contributed by atoms with van der Waals surface area (Å²) in [5.74, 6) is 0.470. The van der Waals surface area contributed by atoms with E-state index < -0.39 is 17.6 Å². The van der Waals surface area contributed by atoms with Crippen molar-refractivity contribution in [1.82, 2.24) is 10.2 Å². The van der Waals surface area contributed by atoms with Crippen LogP contribution in [-0.2, 0) is 11.0 Å². The van der Waals surface area contributed by atoms with Crippen LogP contribution in [-0.4, -0.2) is 29.0 Å². The first-order valence-corrected chi connectivity index (χ1v) is 8.91. The zero-order chi connectivity index (χ0) is 20.1. The van der Waals surface area contributed by atoms with E-state index in [-0.39, 0.29) is 22.6 Å². The van der Waals surface area contributed by atoms with E-state index in [0.29, 0.717) is 11.3 Å². The van der Waals surface area contributed by atoms with Crippen molar-refractivity contribution in [2.24, 2.45) is 0 Å². The van der Waals surface area contributed by atoms with Crippen LogP contribution in [0.4, 0.5) is 18.9 Å². The van der Waals surface area contributed by atoms with Crippen LogP contribution in [0.5, 0.6) is 5.75 Å². The molecular weight excluding hydrogens is 395 g/mol. The number of hydrogen-bond acceptors (Lipinski definition) is 6. The normalized spacial score (nSPS) is 11.3. The summed E-state index contributed by atoms with van der Waals surface area (Å²) in [6, 6.07) is 11.3.